The van der Waals surface area contributed by atoms with E-state index in [1.807, 2.05) is 60.5 Å². The van der Waals surface area contributed by atoms with Crippen LogP contribution in [0.25, 0.3) is 11.5 Å². The van der Waals surface area contributed by atoms with Crippen LogP contribution in [-0.2, 0) is 13.1 Å². The summed E-state index contributed by atoms with van der Waals surface area (Å²) in [4.78, 5) is 11.0. The number of aliphatic imine (C=N–C) groups is 1. The van der Waals surface area contributed by atoms with Crippen LogP contribution in [0.15, 0.2) is 64.2 Å². The first-order chi connectivity index (χ1) is 13.6. The Kier molecular flexibility index (Phi) is 8.50. The van der Waals surface area contributed by atoms with Crippen molar-refractivity contribution in [2.75, 3.05) is 21.2 Å². The van der Waals surface area contributed by atoms with Crippen molar-refractivity contribution in [3.05, 3.63) is 71.6 Å². The zero-order chi connectivity index (χ0) is 19.9. The lowest BCUT2D eigenvalue weighted by Gasteiger charge is -2.22. The van der Waals surface area contributed by atoms with Crippen LogP contribution in [0.2, 0.25) is 0 Å². The fourth-order valence-corrected chi connectivity index (χ4v) is 2.94. The highest BCUT2D eigenvalue weighted by Gasteiger charge is 2.11. The van der Waals surface area contributed by atoms with Gasteiger partial charge in [-0.3, -0.25) is 4.99 Å². The molecule has 1 aromatic heterocycles. The zero-order valence-corrected chi connectivity index (χ0v) is 19.5. The Morgan fingerprint density at radius 1 is 1.17 bits per heavy atom. The Balaban J connectivity index is 0.00000300. The van der Waals surface area contributed by atoms with Crippen LogP contribution in [0.3, 0.4) is 0 Å². The molecule has 0 saturated carbocycles. The van der Waals surface area contributed by atoms with Crippen molar-refractivity contribution in [2.24, 2.45) is 4.99 Å². The molecule has 6 nitrogen and oxygen atoms in total. The first-order valence-electron chi connectivity index (χ1n) is 9.16. The molecule has 3 rings (SSSR count). The standard InChI is InChI=1S/C22H26N4O2.HI/c1-16-9-11-17(12-10-16)21-25-19(15-28-21)13-24-22(23-2)26(3)14-18-7-5-6-8-20(18)27-4;/h5-12,15H,13-14H2,1-4H3,(H,23,24);1H. The van der Waals surface area contributed by atoms with Gasteiger partial charge in [0.25, 0.3) is 0 Å². The zero-order valence-electron chi connectivity index (χ0n) is 17.2. The van der Waals surface area contributed by atoms with Crippen LogP contribution < -0.4 is 10.1 Å². The highest BCUT2D eigenvalue weighted by Crippen LogP contribution is 2.20. The molecule has 0 radical (unpaired) electrons. The van der Waals surface area contributed by atoms with E-state index in [1.165, 1.54) is 5.56 Å². The molecule has 0 aliphatic carbocycles. The van der Waals surface area contributed by atoms with Gasteiger partial charge >= 0.3 is 0 Å². The van der Waals surface area contributed by atoms with Gasteiger partial charge in [-0.05, 0) is 25.1 Å². The van der Waals surface area contributed by atoms with Gasteiger partial charge < -0.3 is 19.4 Å². The number of halogens is 1. The quantitative estimate of drug-likeness (QED) is 0.304. The van der Waals surface area contributed by atoms with E-state index in [4.69, 9.17) is 9.15 Å². The molecule has 0 saturated heterocycles. The molecule has 0 aliphatic rings. The van der Waals surface area contributed by atoms with E-state index < -0.39 is 0 Å². The molecule has 0 fully saturated rings. The third-order valence-electron chi connectivity index (χ3n) is 4.45. The molecule has 0 amide bonds. The second-order valence-electron chi connectivity index (χ2n) is 6.58. The van der Waals surface area contributed by atoms with E-state index in [1.54, 1.807) is 20.4 Å². The van der Waals surface area contributed by atoms with Crippen LogP contribution in [0.5, 0.6) is 5.75 Å². The summed E-state index contributed by atoms with van der Waals surface area (Å²) in [6, 6.07) is 16.1. The topological polar surface area (TPSA) is 62.9 Å². The number of benzene rings is 2. The third-order valence-corrected chi connectivity index (χ3v) is 4.45. The minimum Gasteiger partial charge on any atom is -0.496 e. The lowest BCUT2D eigenvalue weighted by Crippen LogP contribution is -2.38. The van der Waals surface area contributed by atoms with E-state index in [0.717, 1.165) is 28.5 Å². The van der Waals surface area contributed by atoms with Gasteiger partial charge in [-0.2, -0.15) is 0 Å². The van der Waals surface area contributed by atoms with Crippen molar-refractivity contribution >= 4 is 29.9 Å². The Morgan fingerprint density at radius 2 is 1.90 bits per heavy atom. The Bertz CT molecular complexity index is 938. The van der Waals surface area contributed by atoms with Crippen molar-refractivity contribution in [1.82, 2.24) is 15.2 Å². The van der Waals surface area contributed by atoms with Gasteiger partial charge in [-0.25, -0.2) is 4.98 Å². The average molecular weight is 506 g/mol. The maximum Gasteiger partial charge on any atom is 0.226 e. The molecule has 1 N–H and O–H groups in total. The number of nitrogens with one attached hydrogen (secondary N) is 1. The molecule has 0 spiro atoms. The molecule has 1 heterocycles. The number of hydrogen-bond donors (Lipinski definition) is 1. The molecule has 154 valence electrons. The summed E-state index contributed by atoms with van der Waals surface area (Å²) in [6.07, 6.45) is 1.68. The van der Waals surface area contributed by atoms with E-state index in [0.29, 0.717) is 19.0 Å². The van der Waals surface area contributed by atoms with Gasteiger partial charge in [-0.1, -0.05) is 35.9 Å². The molecule has 29 heavy (non-hydrogen) atoms. The fraction of sp³-hybridized carbons (Fsp3) is 0.273. The van der Waals surface area contributed by atoms with E-state index in [-0.39, 0.29) is 24.0 Å². The smallest absolute Gasteiger partial charge is 0.226 e. The Labute approximate surface area is 189 Å². The van der Waals surface area contributed by atoms with Gasteiger partial charge in [0.15, 0.2) is 5.96 Å². The first kappa shape index (κ1) is 22.7. The summed E-state index contributed by atoms with van der Waals surface area (Å²) in [6.45, 7) is 3.26. The second kappa shape index (κ2) is 10.8. The lowest BCUT2D eigenvalue weighted by atomic mass is 10.1. The van der Waals surface area contributed by atoms with Crippen molar-refractivity contribution < 1.29 is 9.15 Å². The molecule has 0 atom stereocenters. The van der Waals surface area contributed by atoms with Crippen molar-refractivity contribution in [1.29, 1.82) is 0 Å². The molecule has 0 unspecified atom stereocenters. The highest BCUT2D eigenvalue weighted by molar-refractivity contribution is 14.0. The summed E-state index contributed by atoms with van der Waals surface area (Å²) in [7, 11) is 5.44. The van der Waals surface area contributed by atoms with Crippen molar-refractivity contribution in [3.8, 4) is 17.2 Å². The van der Waals surface area contributed by atoms with Crippen molar-refractivity contribution in [2.45, 2.75) is 20.0 Å². The summed E-state index contributed by atoms with van der Waals surface area (Å²) in [5.74, 6) is 2.25. The SMILES string of the molecule is CN=C(NCc1coc(-c2ccc(C)cc2)n1)N(C)Cc1ccccc1OC.I. The van der Waals surface area contributed by atoms with Crippen LogP contribution in [0.1, 0.15) is 16.8 Å². The number of methoxy groups -OCH3 is 1. The second-order valence-corrected chi connectivity index (χ2v) is 6.58. The summed E-state index contributed by atoms with van der Waals surface area (Å²) in [5.41, 5.74) is 4.09. The fourth-order valence-electron chi connectivity index (χ4n) is 2.94. The number of para-hydroxylation sites is 1. The highest BCUT2D eigenvalue weighted by atomic mass is 127. The van der Waals surface area contributed by atoms with E-state index in [2.05, 4.69) is 22.2 Å². The normalized spacial score (nSPS) is 11.0. The number of nitrogens with zero attached hydrogens (tertiary/aromatic N) is 3. The van der Waals surface area contributed by atoms with Gasteiger partial charge in [-0.15, -0.1) is 24.0 Å². The molecular formula is C22H27IN4O2. The van der Waals surface area contributed by atoms with E-state index >= 15 is 0 Å². The minimum atomic E-state index is 0. The maximum atomic E-state index is 5.62. The predicted octanol–water partition coefficient (Wildman–Crippen LogP) is 4.48. The van der Waals surface area contributed by atoms with Crippen LogP contribution >= 0.6 is 24.0 Å². The maximum absolute atomic E-state index is 5.62. The number of rotatable bonds is 6. The van der Waals surface area contributed by atoms with Crippen LogP contribution in [-0.4, -0.2) is 37.0 Å². The lowest BCUT2D eigenvalue weighted by molar-refractivity contribution is 0.396. The molecule has 2 aromatic carbocycles. The largest absolute Gasteiger partial charge is 0.496 e. The van der Waals surface area contributed by atoms with Gasteiger partial charge in [0.2, 0.25) is 5.89 Å². The van der Waals surface area contributed by atoms with Gasteiger partial charge in [0.05, 0.1) is 19.3 Å². The molecule has 3 aromatic rings. The van der Waals surface area contributed by atoms with E-state index in [9.17, 15) is 0 Å². The number of aromatic nitrogens is 1. The number of ether oxygens (including phenoxy) is 1. The number of oxazole rings is 1. The number of hydrogen-bond acceptors (Lipinski definition) is 4. The average Bonchev–Trinajstić information content (AvgIpc) is 3.18. The van der Waals surface area contributed by atoms with Gasteiger partial charge in [0.1, 0.15) is 12.0 Å². The molecule has 7 heteroatoms. The Hall–Kier alpha value is -2.55. The predicted molar refractivity (Wildman–Crippen MR) is 127 cm³/mol. The first-order valence-corrected chi connectivity index (χ1v) is 9.16. The molecule has 0 aliphatic heterocycles. The van der Waals surface area contributed by atoms with Gasteiger partial charge in [0, 0.05) is 31.8 Å². The minimum absolute atomic E-state index is 0. The van der Waals surface area contributed by atoms with Crippen molar-refractivity contribution in [3.63, 3.8) is 0 Å². The molecule has 0 bridgehead atoms. The Morgan fingerprint density at radius 3 is 2.59 bits per heavy atom. The third kappa shape index (κ3) is 5.96. The monoisotopic (exact) mass is 506 g/mol. The van der Waals surface area contributed by atoms with Crippen LogP contribution in [0, 0.1) is 6.92 Å². The summed E-state index contributed by atoms with van der Waals surface area (Å²) >= 11 is 0. The van der Waals surface area contributed by atoms with Crippen LogP contribution in [0.4, 0.5) is 0 Å². The number of aryl methyl sites for hydroxylation is 1. The number of guanidine groups is 1. The molecular weight excluding hydrogens is 479 g/mol. The summed E-state index contributed by atoms with van der Waals surface area (Å²) < 4.78 is 11.1. The summed E-state index contributed by atoms with van der Waals surface area (Å²) in [5, 5.41) is 3.33.